The molecule has 0 radical (unpaired) electrons. The number of fused-ring (bicyclic) bond motifs is 1. The maximum absolute atomic E-state index is 12.8. The van der Waals surface area contributed by atoms with Crippen molar-refractivity contribution in [1.82, 2.24) is 9.62 Å². The van der Waals surface area contributed by atoms with Gasteiger partial charge in [-0.1, -0.05) is 6.07 Å². The first kappa shape index (κ1) is 19.9. The van der Waals surface area contributed by atoms with Gasteiger partial charge in [-0.05, 0) is 79.6 Å². The van der Waals surface area contributed by atoms with Crippen molar-refractivity contribution in [1.29, 1.82) is 0 Å². The Bertz CT molecular complexity index is 996. The van der Waals surface area contributed by atoms with Crippen LogP contribution >= 0.6 is 0 Å². The van der Waals surface area contributed by atoms with Crippen molar-refractivity contribution in [3.05, 3.63) is 59.2 Å². The quantitative estimate of drug-likeness (QED) is 0.815. The minimum Gasteiger partial charge on any atom is -0.497 e. The van der Waals surface area contributed by atoms with Crippen molar-refractivity contribution in [2.75, 3.05) is 20.2 Å². The predicted octanol–water partition coefficient (Wildman–Crippen LogP) is 3.29. The van der Waals surface area contributed by atoms with Gasteiger partial charge in [0, 0.05) is 18.7 Å². The fourth-order valence-electron chi connectivity index (χ4n) is 4.16. The molecule has 6 nitrogen and oxygen atoms in total. The molecule has 0 saturated carbocycles. The molecule has 0 bridgehead atoms. The van der Waals surface area contributed by atoms with E-state index in [0.717, 1.165) is 43.4 Å². The number of carbonyl (C=O) groups is 1. The minimum atomic E-state index is -3.47. The Hall–Kier alpha value is -2.38. The topological polar surface area (TPSA) is 75.7 Å². The van der Waals surface area contributed by atoms with Gasteiger partial charge >= 0.3 is 0 Å². The molecular formula is C22H26N2O4S. The molecule has 1 atom stereocenters. The molecule has 1 saturated heterocycles. The maximum atomic E-state index is 12.8. The molecule has 2 aromatic carbocycles. The van der Waals surface area contributed by atoms with Crippen molar-refractivity contribution in [2.45, 2.75) is 43.0 Å². The Morgan fingerprint density at radius 1 is 1.07 bits per heavy atom. The van der Waals surface area contributed by atoms with E-state index in [1.54, 1.807) is 19.2 Å². The molecule has 1 fully saturated rings. The third-order valence-electron chi connectivity index (χ3n) is 5.79. The highest BCUT2D eigenvalue weighted by Crippen LogP contribution is 2.32. The van der Waals surface area contributed by atoms with E-state index < -0.39 is 10.0 Å². The molecule has 1 amide bonds. The summed E-state index contributed by atoms with van der Waals surface area (Å²) in [5.41, 5.74) is 2.79. The molecule has 1 aliphatic carbocycles. The van der Waals surface area contributed by atoms with Gasteiger partial charge < -0.3 is 10.1 Å². The van der Waals surface area contributed by atoms with Crippen LogP contribution in [0.1, 0.15) is 53.2 Å². The zero-order valence-electron chi connectivity index (χ0n) is 16.6. The number of nitrogens with zero attached hydrogens (tertiary/aromatic N) is 1. The lowest BCUT2D eigenvalue weighted by Crippen LogP contribution is -2.31. The number of nitrogens with one attached hydrogen (secondary N) is 1. The first-order chi connectivity index (χ1) is 14.0. The van der Waals surface area contributed by atoms with E-state index in [9.17, 15) is 13.2 Å². The standard InChI is InChI=1S/C22H26N2O4S/c1-28-18-9-12-20-17(15-18)5-4-6-21(20)23-22(25)16-7-10-19(11-8-16)29(26,27)24-13-2-3-14-24/h7-12,15,21H,2-6,13-14H2,1H3,(H,23,25)/t21-/m0/s1. The molecule has 154 valence electrons. The zero-order chi connectivity index (χ0) is 20.4. The van der Waals surface area contributed by atoms with Crippen LogP contribution in [0, 0.1) is 0 Å². The number of carbonyl (C=O) groups excluding carboxylic acids is 1. The number of rotatable bonds is 5. The highest BCUT2D eigenvalue weighted by atomic mass is 32.2. The SMILES string of the molecule is COc1ccc2c(c1)CCC[C@@H]2NC(=O)c1ccc(S(=O)(=O)N2CCCC2)cc1. The molecule has 1 N–H and O–H groups in total. The molecule has 1 heterocycles. The second-order valence-electron chi connectivity index (χ2n) is 7.62. The largest absolute Gasteiger partial charge is 0.497 e. The lowest BCUT2D eigenvalue weighted by atomic mass is 9.87. The fourth-order valence-corrected chi connectivity index (χ4v) is 5.68. The fraction of sp³-hybridized carbons (Fsp3) is 0.409. The van der Waals surface area contributed by atoms with Gasteiger partial charge in [0.2, 0.25) is 10.0 Å². The van der Waals surface area contributed by atoms with Gasteiger partial charge in [0.25, 0.3) is 5.91 Å². The third-order valence-corrected chi connectivity index (χ3v) is 7.70. The van der Waals surface area contributed by atoms with Crippen LogP contribution in [0.5, 0.6) is 5.75 Å². The van der Waals surface area contributed by atoms with Crippen molar-refractivity contribution in [3.63, 3.8) is 0 Å². The van der Waals surface area contributed by atoms with Crippen LogP contribution in [0.2, 0.25) is 0 Å². The minimum absolute atomic E-state index is 0.0508. The highest BCUT2D eigenvalue weighted by molar-refractivity contribution is 7.89. The number of amides is 1. The van der Waals surface area contributed by atoms with Gasteiger partial charge in [0.15, 0.2) is 0 Å². The molecule has 1 aliphatic heterocycles. The monoisotopic (exact) mass is 414 g/mol. The third kappa shape index (κ3) is 4.02. The molecular weight excluding hydrogens is 388 g/mol. The molecule has 29 heavy (non-hydrogen) atoms. The first-order valence-electron chi connectivity index (χ1n) is 10.1. The second kappa shape index (κ2) is 8.16. The Labute approximate surface area is 171 Å². The number of benzene rings is 2. The van der Waals surface area contributed by atoms with Crippen LogP contribution in [0.3, 0.4) is 0 Å². The summed E-state index contributed by atoms with van der Waals surface area (Å²) in [6.07, 6.45) is 4.65. The van der Waals surface area contributed by atoms with Gasteiger partial charge in [-0.25, -0.2) is 8.42 Å². The Balaban J connectivity index is 1.49. The van der Waals surface area contributed by atoms with E-state index in [-0.39, 0.29) is 16.8 Å². The average Bonchev–Trinajstić information content (AvgIpc) is 3.29. The van der Waals surface area contributed by atoms with Crippen molar-refractivity contribution < 1.29 is 17.9 Å². The predicted molar refractivity (Wildman–Crippen MR) is 111 cm³/mol. The Morgan fingerprint density at radius 2 is 1.79 bits per heavy atom. The first-order valence-corrected chi connectivity index (χ1v) is 11.5. The van der Waals surface area contributed by atoms with E-state index in [1.165, 1.54) is 22.0 Å². The summed E-state index contributed by atoms with van der Waals surface area (Å²) in [6, 6.07) is 12.2. The average molecular weight is 415 g/mol. The van der Waals surface area contributed by atoms with E-state index in [4.69, 9.17) is 4.74 Å². The van der Waals surface area contributed by atoms with Gasteiger partial charge in [0.05, 0.1) is 18.0 Å². The van der Waals surface area contributed by atoms with Gasteiger partial charge in [0.1, 0.15) is 5.75 Å². The van der Waals surface area contributed by atoms with Crippen LogP contribution in [0.4, 0.5) is 0 Å². The van der Waals surface area contributed by atoms with E-state index in [1.807, 2.05) is 18.2 Å². The number of ether oxygens (including phenoxy) is 1. The molecule has 0 aromatic heterocycles. The maximum Gasteiger partial charge on any atom is 0.251 e. The summed E-state index contributed by atoms with van der Waals surface area (Å²) < 4.78 is 32.1. The molecule has 0 unspecified atom stereocenters. The van der Waals surface area contributed by atoms with E-state index in [2.05, 4.69) is 5.32 Å². The van der Waals surface area contributed by atoms with Crippen LogP contribution in [0.25, 0.3) is 0 Å². The Morgan fingerprint density at radius 3 is 2.48 bits per heavy atom. The zero-order valence-corrected chi connectivity index (χ0v) is 17.4. The molecule has 0 spiro atoms. The second-order valence-corrected chi connectivity index (χ2v) is 9.56. The molecule has 2 aromatic rings. The number of hydrogen-bond donors (Lipinski definition) is 1. The van der Waals surface area contributed by atoms with Gasteiger partial charge in [-0.15, -0.1) is 0 Å². The number of methoxy groups -OCH3 is 1. The van der Waals surface area contributed by atoms with Crippen molar-refractivity contribution in [3.8, 4) is 5.75 Å². The van der Waals surface area contributed by atoms with Crippen LogP contribution in [0.15, 0.2) is 47.4 Å². The summed E-state index contributed by atoms with van der Waals surface area (Å²) in [5.74, 6) is 0.634. The van der Waals surface area contributed by atoms with E-state index in [0.29, 0.717) is 18.7 Å². The summed E-state index contributed by atoms with van der Waals surface area (Å²) in [5, 5.41) is 3.10. The van der Waals surface area contributed by atoms with Gasteiger partial charge in [-0.2, -0.15) is 4.31 Å². The van der Waals surface area contributed by atoms with Crippen molar-refractivity contribution in [2.24, 2.45) is 0 Å². The number of hydrogen-bond acceptors (Lipinski definition) is 4. The summed E-state index contributed by atoms with van der Waals surface area (Å²) in [7, 11) is -1.82. The smallest absolute Gasteiger partial charge is 0.251 e. The number of aryl methyl sites for hydroxylation is 1. The number of sulfonamides is 1. The molecule has 4 rings (SSSR count). The summed E-state index contributed by atoms with van der Waals surface area (Å²) in [4.78, 5) is 13.0. The van der Waals surface area contributed by atoms with Gasteiger partial charge in [-0.3, -0.25) is 4.79 Å². The molecule has 2 aliphatic rings. The highest BCUT2D eigenvalue weighted by Gasteiger charge is 2.27. The van der Waals surface area contributed by atoms with Crippen LogP contribution in [-0.2, 0) is 16.4 Å². The lowest BCUT2D eigenvalue weighted by Gasteiger charge is -2.27. The van der Waals surface area contributed by atoms with E-state index >= 15 is 0 Å². The van der Waals surface area contributed by atoms with Crippen LogP contribution in [-0.4, -0.2) is 38.8 Å². The normalized spacial score (nSPS) is 19.6. The lowest BCUT2D eigenvalue weighted by molar-refractivity contribution is 0.0932. The van der Waals surface area contributed by atoms with Crippen LogP contribution < -0.4 is 10.1 Å². The molecule has 7 heteroatoms. The summed E-state index contributed by atoms with van der Waals surface area (Å²) in [6.45, 7) is 1.13. The Kier molecular flexibility index (Phi) is 5.61. The summed E-state index contributed by atoms with van der Waals surface area (Å²) >= 11 is 0. The van der Waals surface area contributed by atoms with Crippen molar-refractivity contribution >= 4 is 15.9 Å².